The topological polar surface area (TPSA) is 139 Å². The Morgan fingerprint density at radius 3 is 2.38 bits per heavy atom. The molecule has 12 heteroatoms. The van der Waals surface area contributed by atoms with Crippen molar-refractivity contribution in [2.45, 2.75) is 78.9 Å². The summed E-state index contributed by atoms with van der Waals surface area (Å²) in [5.41, 5.74) is 2.74. The number of likely N-dealkylation sites (tertiary alicyclic amines) is 1. The van der Waals surface area contributed by atoms with E-state index < -0.39 is 23.1 Å². The Kier molecular flexibility index (Phi) is 11.5. The van der Waals surface area contributed by atoms with Gasteiger partial charge in [-0.1, -0.05) is 39.8 Å². The predicted octanol–water partition coefficient (Wildman–Crippen LogP) is 7.37. The van der Waals surface area contributed by atoms with Crippen LogP contribution >= 0.6 is 0 Å². The van der Waals surface area contributed by atoms with Crippen LogP contribution in [0.4, 0.5) is 21.5 Å². The molecule has 1 aromatic heterocycles. The number of nitrogens with zero attached hydrogens (tertiary/aromatic N) is 3. The van der Waals surface area contributed by atoms with Gasteiger partial charge >= 0.3 is 5.97 Å². The molecule has 0 atom stereocenters. The summed E-state index contributed by atoms with van der Waals surface area (Å²) in [6, 6.07) is 15.3. The van der Waals surface area contributed by atoms with E-state index in [0.29, 0.717) is 28.8 Å². The molecule has 1 saturated heterocycles. The molecule has 1 amide bonds. The highest BCUT2D eigenvalue weighted by Gasteiger charge is 2.27. The summed E-state index contributed by atoms with van der Waals surface area (Å²) in [5, 5.41) is 18.5. The van der Waals surface area contributed by atoms with E-state index in [0.717, 1.165) is 42.8 Å². The van der Waals surface area contributed by atoms with Crippen LogP contribution in [0, 0.1) is 11.2 Å². The molecule has 2 heterocycles. The molecule has 0 bridgehead atoms. The summed E-state index contributed by atoms with van der Waals surface area (Å²) in [5.74, 6) is -1.34. The maximum Gasteiger partial charge on any atom is 0.302 e. The number of ether oxygens (including phenoxy) is 2. The lowest BCUT2D eigenvalue weighted by Crippen LogP contribution is -2.48. The van der Waals surface area contributed by atoms with Crippen molar-refractivity contribution in [2.75, 3.05) is 30.3 Å². The summed E-state index contributed by atoms with van der Waals surface area (Å²) < 4.78 is 28.5. The van der Waals surface area contributed by atoms with Crippen molar-refractivity contribution in [2.24, 2.45) is 7.05 Å². The number of hydrogen-bond acceptors (Lipinski definition) is 9. The van der Waals surface area contributed by atoms with Crippen molar-refractivity contribution in [3.8, 4) is 17.0 Å². The summed E-state index contributed by atoms with van der Waals surface area (Å²) in [4.78, 5) is 41.4. The van der Waals surface area contributed by atoms with Gasteiger partial charge in [0.25, 0.3) is 11.5 Å². The first-order chi connectivity index (χ1) is 25.0. The van der Waals surface area contributed by atoms with Crippen molar-refractivity contribution < 1.29 is 23.5 Å². The van der Waals surface area contributed by atoms with Crippen LogP contribution in [0.1, 0.15) is 87.5 Å². The highest BCUT2D eigenvalue weighted by atomic mass is 19.1. The second-order valence-corrected chi connectivity index (χ2v) is 15.0. The number of carbonyl (C=O) groups is 2. The third-order valence-corrected chi connectivity index (χ3v) is 9.23. The lowest BCUT2D eigenvalue weighted by atomic mass is 9.85. The maximum atomic E-state index is 15.5. The molecule has 11 nitrogen and oxygen atoms in total. The zero-order valence-electron chi connectivity index (χ0n) is 31.8. The number of aryl methyl sites for hydroxylation is 2. The molecule has 3 N–H and O–H groups in total. The molecule has 280 valence electrons. The van der Waals surface area contributed by atoms with Crippen LogP contribution in [-0.2, 0) is 35.0 Å². The molecule has 53 heavy (non-hydrogen) atoms. The van der Waals surface area contributed by atoms with E-state index in [4.69, 9.17) is 14.9 Å². The average Bonchev–Trinajstić information content (AvgIpc) is 3.07. The normalized spacial score (nSPS) is 13.2. The molecule has 1 aliphatic heterocycles. The molecule has 0 radical (unpaired) electrons. The molecular formula is C41H49FN6O5. The SMILES string of the molecule is CCc1cc(OC(C)(C)CN2CCC2)ccc1Nc1cc(-c2cccc(NC(=O)c3c(F)cc(C(C)(C)C)cc3C=N)c2COC(C)=O)nn(C)c1=O. The molecule has 0 aliphatic carbocycles. The number of hydrogen-bond donors (Lipinski definition) is 3. The maximum absolute atomic E-state index is 15.5. The van der Waals surface area contributed by atoms with Crippen LogP contribution in [0.3, 0.4) is 0 Å². The van der Waals surface area contributed by atoms with Crippen molar-refractivity contribution >= 4 is 35.2 Å². The van der Waals surface area contributed by atoms with Crippen molar-refractivity contribution in [1.29, 1.82) is 5.41 Å². The smallest absolute Gasteiger partial charge is 0.302 e. The molecule has 3 aromatic carbocycles. The Hall–Kier alpha value is -5.36. The molecule has 1 aliphatic rings. The minimum absolute atomic E-state index is 0.127. The van der Waals surface area contributed by atoms with E-state index in [9.17, 15) is 14.4 Å². The van der Waals surface area contributed by atoms with Crippen LogP contribution in [0.15, 0.2) is 59.4 Å². The number of aromatic nitrogens is 2. The molecule has 1 fully saturated rings. The van der Waals surface area contributed by atoms with E-state index in [1.54, 1.807) is 30.3 Å². The first-order valence-corrected chi connectivity index (χ1v) is 17.8. The van der Waals surface area contributed by atoms with Gasteiger partial charge in [0, 0.05) is 54.8 Å². The van der Waals surface area contributed by atoms with Crippen molar-refractivity contribution in [3.05, 3.63) is 98.6 Å². The molecule has 5 rings (SSSR count). The number of esters is 1. The van der Waals surface area contributed by atoms with Gasteiger partial charge in [0.05, 0.1) is 11.3 Å². The molecular weight excluding hydrogens is 675 g/mol. The van der Waals surface area contributed by atoms with Crippen LogP contribution in [-0.4, -0.2) is 58.0 Å². The third-order valence-electron chi connectivity index (χ3n) is 9.23. The lowest BCUT2D eigenvalue weighted by molar-refractivity contribution is -0.142. The zero-order chi connectivity index (χ0) is 38.7. The minimum Gasteiger partial charge on any atom is -0.487 e. The van der Waals surface area contributed by atoms with E-state index in [1.807, 2.05) is 45.9 Å². The van der Waals surface area contributed by atoms with Crippen LogP contribution in [0.5, 0.6) is 5.75 Å². The third kappa shape index (κ3) is 9.18. The number of carbonyl (C=O) groups excluding carboxylic acids is 2. The van der Waals surface area contributed by atoms with E-state index >= 15 is 4.39 Å². The van der Waals surface area contributed by atoms with E-state index in [1.165, 1.54) is 31.1 Å². The predicted molar refractivity (Wildman–Crippen MR) is 206 cm³/mol. The summed E-state index contributed by atoms with van der Waals surface area (Å²) in [6.07, 6.45) is 2.84. The molecule has 0 spiro atoms. The second-order valence-electron chi connectivity index (χ2n) is 15.0. The van der Waals surface area contributed by atoms with Crippen LogP contribution in [0.25, 0.3) is 11.3 Å². The fourth-order valence-corrected chi connectivity index (χ4v) is 6.32. The number of anilines is 3. The Labute approximate surface area is 310 Å². The molecule has 4 aromatic rings. The Morgan fingerprint density at radius 1 is 1.02 bits per heavy atom. The highest BCUT2D eigenvalue weighted by Crippen LogP contribution is 2.33. The van der Waals surface area contributed by atoms with Crippen LogP contribution < -0.4 is 20.9 Å². The Bertz CT molecular complexity index is 2100. The standard InChI is InChI=1S/C41H49FN6O5/c1-9-26-19-29(53-41(6,7)24-48-16-11-17-48)14-15-33(26)44-36-21-35(46-47(8)39(36)51)30-12-10-13-34(31(30)23-52-25(2)49)45-38(50)37-27(22-43)18-28(20-32(37)42)40(3,4)5/h10,12-15,18-22,43-44H,9,11,16-17,23-24H2,1-8H3,(H,45,50). The number of benzene rings is 3. The van der Waals surface area contributed by atoms with Crippen molar-refractivity contribution in [1.82, 2.24) is 14.7 Å². The lowest BCUT2D eigenvalue weighted by Gasteiger charge is -2.38. The molecule has 0 unspecified atom stereocenters. The number of rotatable bonds is 13. The van der Waals surface area contributed by atoms with Gasteiger partial charge in [0.1, 0.15) is 29.5 Å². The van der Waals surface area contributed by atoms with Gasteiger partial charge < -0.3 is 25.5 Å². The minimum atomic E-state index is -0.776. The quantitative estimate of drug-likeness (QED) is 0.0961. The van der Waals surface area contributed by atoms with Gasteiger partial charge in [-0.15, -0.1) is 0 Å². The Balaban J connectivity index is 1.49. The van der Waals surface area contributed by atoms with Gasteiger partial charge in [-0.3, -0.25) is 19.3 Å². The molecule has 0 saturated carbocycles. The largest absolute Gasteiger partial charge is 0.487 e. The first kappa shape index (κ1) is 38.9. The number of amides is 1. The van der Waals surface area contributed by atoms with E-state index in [2.05, 4.69) is 34.5 Å². The Morgan fingerprint density at radius 2 is 1.75 bits per heavy atom. The first-order valence-electron chi connectivity index (χ1n) is 17.8. The fraction of sp³-hybridized carbons (Fsp3) is 0.390. The highest BCUT2D eigenvalue weighted by molar-refractivity contribution is 6.10. The van der Waals surface area contributed by atoms with Gasteiger partial charge in [-0.25, -0.2) is 9.07 Å². The van der Waals surface area contributed by atoms with Crippen LogP contribution in [0.2, 0.25) is 0 Å². The van der Waals surface area contributed by atoms with Gasteiger partial charge in [0.2, 0.25) is 0 Å². The van der Waals surface area contributed by atoms with E-state index in [-0.39, 0.29) is 40.3 Å². The summed E-state index contributed by atoms with van der Waals surface area (Å²) in [6.45, 7) is 16.0. The number of nitrogens with one attached hydrogen (secondary N) is 3. The van der Waals surface area contributed by atoms with Gasteiger partial charge in [0.15, 0.2) is 0 Å². The zero-order valence-corrected chi connectivity index (χ0v) is 31.8. The summed E-state index contributed by atoms with van der Waals surface area (Å²) >= 11 is 0. The van der Waals surface area contributed by atoms with Gasteiger partial charge in [-0.2, -0.15) is 5.10 Å². The number of halogens is 1. The fourth-order valence-electron chi connectivity index (χ4n) is 6.32. The van der Waals surface area contributed by atoms with Crippen molar-refractivity contribution in [3.63, 3.8) is 0 Å². The summed E-state index contributed by atoms with van der Waals surface area (Å²) in [7, 11) is 1.54. The van der Waals surface area contributed by atoms with Gasteiger partial charge in [-0.05, 0) is 98.8 Å². The monoisotopic (exact) mass is 724 g/mol. The average molecular weight is 725 g/mol. The second kappa shape index (κ2) is 15.7.